The summed E-state index contributed by atoms with van der Waals surface area (Å²) in [7, 11) is 0. The van der Waals surface area contributed by atoms with Gasteiger partial charge in [0.1, 0.15) is 0 Å². The van der Waals surface area contributed by atoms with Gasteiger partial charge in [0, 0.05) is 17.0 Å². The average molecular weight is 341 g/mol. The Bertz CT molecular complexity index is 814. The van der Waals surface area contributed by atoms with Crippen LogP contribution in [0.1, 0.15) is 41.8 Å². The molecule has 6 heteroatoms. The van der Waals surface area contributed by atoms with Crippen molar-refractivity contribution in [2.24, 2.45) is 5.92 Å². The SMILES string of the molecule is C[C@@H]1CCc2nc(NC(=O)[C@@H]3CC(=O)Nc4ccccc43)sc2C1. The zero-order valence-electron chi connectivity index (χ0n) is 13.5. The summed E-state index contributed by atoms with van der Waals surface area (Å²) >= 11 is 1.57. The van der Waals surface area contributed by atoms with E-state index in [1.807, 2.05) is 24.3 Å². The van der Waals surface area contributed by atoms with Gasteiger partial charge in [-0.3, -0.25) is 9.59 Å². The Hall–Kier alpha value is -2.21. The van der Waals surface area contributed by atoms with Crippen molar-refractivity contribution in [2.75, 3.05) is 10.6 Å². The second-order valence-corrected chi connectivity index (χ2v) is 7.70. The Morgan fingerprint density at radius 1 is 1.33 bits per heavy atom. The van der Waals surface area contributed by atoms with Gasteiger partial charge in [-0.2, -0.15) is 0 Å². The van der Waals surface area contributed by atoms with Gasteiger partial charge in [-0.05, 0) is 36.8 Å². The fraction of sp³-hybridized carbons (Fsp3) is 0.389. The zero-order chi connectivity index (χ0) is 16.7. The Morgan fingerprint density at radius 3 is 3.04 bits per heavy atom. The Kier molecular flexibility index (Phi) is 3.84. The van der Waals surface area contributed by atoms with Crippen LogP contribution in [-0.4, -0.2) is 16.8 Å². The van der Waals surface area contributed by atoms with Gasteiger partial charge >= 0.3 is 0 Å². The maximum absolute atomic E-state index is 12.7. The van der Waals surface area contributed by atoms with E-state index in [2.05, 4.69) is 22.5 Å². The van der Waals surface area contributed by atoms with E-state index in [-0.39, 0.29) is 18.2 Å². The van der Waals surface area contributed by atoms with Crippen LogP contribution >= 0.6 is 11.3 Å². The van der Waals surface area contributed by atoms with Gasteiger partial charge in [0.2, 0.25) is 11.8 Å². The Morgan fingerprint density at radius 2 is 2.17 bits per heavy atom. The molecule has 0 radical (unpaired) electrons. The first-order valence-electron chi connectivity index (χ1n) is 8.28. The quantitative estimate of drug-likeness (QED) is 0.880. The smallest absolute Gasteiger partial charge is 0.234 e. The molecule has 5 nitrogen and oxygen atoms in total. The van der Waals surface area contributed by atoms with E-state index in [0.717, 1.165) is 36.2 Å². The van der Waals surface area contributed by atoms with Crippen LogP contribution in [0.3, 0.4) is 0 Å². The number of aryl methyl sites for hydroxylation is 1. The lowest BCUT2D eigenvalue weighted by molar-refractivity contribution is -0.123. The molecule has 2 aliphatic rings. The van der Waals surface area contributed by atoms with Crippen molar-refractivity contribution in [1.82, 2.24) is 4.98 Å². The third-order valence-electron chi connectivity index (χ3n) is 4.73. The molecule has 4 rings (SSSR count). The second-order valence-electron chi connectivity index (χ2n) is 6.62. The number of rotatable bonds is 2. The highest BCUT2D eigenvalue weighted by atomic mass is 32.1. The van der Waals surface area contributed by atoms with Crippen molar-refractivity contribution >= 4 is 34.0 Å². The molecule has 0 unspecified atom stereocenters. The first-order chi connectivity index (χ1) is 11.6. The van der Waals surface area contributed by atoms with Crippen LogP contribution in [0.2, 0.25) is 0 Å². The van der Waals surface area contributed by atoms with Crippen molar-refractivity contribution in [1.29, 1.82) is 0 Å². The molecule has 1 aromatic heterocycles. The van der Waals surface area contributed by atoms with Crippen LogP contribution in [0.5, 0.6) is 0 Å². The number of carbonyl (C=O) groups is 2. The number of hydrogen-bond donors (Lipinski definition) is 2. The second kappa shape index (κ2) is 6.02. The fourth-order valence-electron chi connectivity index (χ4n) is 3.43. The standard InChI is InChI=1S/C18H19N3O2S/c1-10-6-7-14-15(8-10)24-18(20-14)21-17(23)12-9-16(22)19-13-5-3-2-4-11(12)13/h2-5,10,12H,6-9H2,1H3,(H,19,22)(H,20,21,23)/t10-,12-/m1/s1. The third-order valence-corrected chi connectivity index (χ3v) is 5.77. The molecule has 0 saturated carbocycles. The molecule has 0 bridgehead atoms. The van der Waals surface area contributed by atoms with Crippen LogP contribution in [0.15, 0.2) is 24.3 Å². The van der Waals surface area contributed by atoms with Crippen molar-refractivity contribution < 1.29 is 9.59 Å². The summed E-state index contributed by atoms with van der Waals surface area (Å²) in [6.07, 6.45) is 3.35. The minimum absolute atomic E-state index is 0.124. The largest absolute Gasteiger partial charge is 0.326 e. The summed E-state index contributed by atoms with van der Waals surface area (Å²) in [5.41, 5.74) is 2.71. The first-order valence-corrected chi connectivity index (χ1v) is 9.10. The molecule has 0 fully saturated rings. The highest BCUT2D eigenvalue weighted by Crippen LogP contribution is 2.35. The topological polar surface area (TPSA) is 71.1 Å². The number of nitrogens with one attached hydrogen (secondary N) is 2. The van der Waals surface area contributed by atoms with Gasteiger partial charge in [0.15, 0.2) is 5.13 Å². The van der Waals surface area contributed by atoms with Gasteiger partial charge in [-0.25, -0.2) is 4.98 Å². The highest BCUT2D eigenvalue weighted by Gasteiger charge is 2.31. The predicted octanol–water partition coefficient (Wildman–Crippen LogP) is 3.33. The molecule has 24 heavy (non-hydrogen) atoms. The molecule has 2 amide bonds. The number of hydrogen-bond acceptors (Lipinski definition) is 4. The van der Waals surface area contributed by atoms with Crippen LogP contribution in [0.25, 0.3) is 0 Å². The zero-order valence-corrected chi connectivity index (χ0v) is 14.3. The van der Waals surface area contributed by atoms with Gasteiger partial charge in [0.05, 0.1) is 11.6 Å². The summed E-state index contributed by atoms with van der Waals surface area (Å²) in [5.74, 6) is -0.0669. The van der Waals surface area contributed by atoms with E-state index < -0.39 is 5.92 Å². The van der Waals surface area contributed by atoms with Crippen LogP contribution in [-0.2, 0) is 22.4 Å². The monoisotopic (exact) mass is 341 g/mol. The molecule has 2 heterocycles. The number of anilines is 2. The number of fused-ring (bicyclic) bond motifs is 2. The molecule has 0 saturated heterocycles. The third kappa shape index (κ3) is 2.82. The van der Waals surface area contributed by atoms with E-state index in [0.29, 0.717) is 11.0 Å². The van der Waals surface area contributed by atoms with Crippen LogP contribution < -0.4 is 10.6 Å². The maximum Gasteiger partial charge on any atom is 0.234 e. The normalized spacial score (nSPS) is 22.3. The summed E-state index contributed by atoms with van der Waals surface area (Å²) < 4.78 is 0. The molecule has 2 aromatic rings. The molecule has 1 aromatic carbocycles. The Balaban J connectivity index is 1.56. The fourth-order valence-corrected chi connectivity index (χ4v) is 4.61. The summed E-state index contributed by atoms with van der Waals surface area (Å²) in [4.78, 5) is 30.5. The number of aromatic nitrogens is 1. The molecule has 124 valence electrons. The van der Waals surface area contributed by atoms with E-state index in [1.165, 1.54) is 4.88 Å². The van der Waals surface area contributed by atoms with Crippen LogP contribution in [0.4, 0.5) is 10.8 Å². The molecule has 2 atom stereocenters. The number of para-hydroxylation sites is 1. The molecule has 1 aliphatic heterocycles. The summed E-state index contributed by atoms with van der Waals surface area (Å²) in [5, 5.41) is 6.41. The molecular formula is C18H19N3O2S. The average Bonchev–Trinajstić information content (AvgIpc) is 2.95. The van der Waals surface area contributed by atoms with Gasteiger partial charge < -0.3 is 10.6 Å². The molecule has 2 N–H and O–H groups in total. The van der Waals surface area contributed by atoms with Gasteiger partial charge in [-0.15, -0.1) is 11.3 Å². The van der Waals surface area contributed by atoms with E-state index in [9.17, 15) is 9.59 Å². The van der Waals surface area contributed by atoms with Crippen molar-refractivity contribution in [3.63, 3.8) is 0 Å². The van der Waals surface area contributed by atoms with Crippen molar-refractivity contribution in [2.45, 2.75) is 38.5 Å². The lowest BCUT2D eigenvalue weighted by Gasteiger charge is -2.24. The number of amides is 2. The van der Waals surface area contributed by atoms with Crippen LogP contribution in [0, 0.1) is 5.92 Å². The number of benzene rings is 1. The highest BCUT2D eigenvalue weighted by molar-refractivity contribution is 7.15. The first kappa shape index (κ1) is 15.3. The lowest BCUT2D eigenvalue weighted by atomic mass is 9.90. The van der Waals surface area contributed by atoms with Gasteiger partial charge in [-0.1, -0.05) is 25.1 Å². The molecular weight excluding hydrogens is 322 g/mol. The lowest BCUT2D eigenvalue weighted by Crippen LogP contribution is -2.30. The number of thiazole rings is 1. The van der Waals surface area contributed by atoms with Crippen molar-refractivity contribution in [3.8, 4) is 0 Å². The molecule has 1 aliphatic carbocycles. The van der Waals surface area contributed by atoms with E-state index in [4.69, 9.17) is 0 Å². The number of nitrogens with zero attached hydrogens (tertiary/aromatic N) is 1. The predicted molar refractivity (Wildman–Crippen MR) is 94.4 cm³/mol. The van der Waals surface area contributed by atoms with Crippen molar-refractivity contribution in [3.05, 3.63) is 40.4 Å². The summed E-state index contributed by atoms with van der Waals surface area (Å²) in [6, 6.07) is 7.47. The van der Waals surface area contributed by atoms with E-state index >= 15 is 0 Å². The maximum atomic E-state index is 12.7. The van der Waals surface area contributed by atoms with E-state index in [1.54, 1.807) is 11.3 Å². The minimum Gasteiger partial charge on any atom is -0.326 e. The number of carbonyl (C=O) groups excluding carboxylic acids is 2. The van der Waals surface area contributed by atoms with Gasteiger partial charge in [0.25, 0.3) is 0 Å². The summed E-state index contributed by atoms with van der Waals surface area (Å²) in [6.45, 7) is 2.25. The minimum atomic E-state index is -0.463. The molecule has 0 spiro atoms. The Labute approximate surface area is 144 Å².